The molecule has 0 spiro atoms. The molecule has 0 saturated carbocycles. The van der Waals surface area contributed by atoms with E-state index in [0.717, 1.165) is 35.2 Å². The molecule has 3 rings (SSSR count). The van der Waals surface area contributed by atoms with Crippen molar-refractivity contribution >= 4 is 17.4 Å². The molecule has 0 fully saturated rings. The van der Waals surface area contributed by atoms with E-state index in [4.69, 9.17) is 9.62 Å². The summed E-state index contributed by atoms with van der Waals surface area (Å²) in [5.41, 5.74) is 5.30. The van der Waals surface area contributed by atoms with Crippen molar-refractivity contribution in [3.8, 4) is 11.1 Å². The maximum absolute atomic E-state index is 12.7. The third kappa shape index (κ3) is 5.46. The quantitative estimate of drug-likeness (QED) is 0.252. The van der Waals surface area contributed by atoms with Crippen molar-refractivity contribution in [2.75, 3.05) is 6.54 Å². The Hall–Kier alpha value is -3.10. The second-order valence-electron chi connectivity index (χ2n) is 6.91. The molecule has 0 aromatic carbocycles. The van der Waals surface area contributed by atoms with E-state index in [2.05, 4.69) is 10.3 Å². The molecule has 2 heterocycles. The fraction of sp³-hybridized carbons (Fsp3) is 0.333. The van der Waals surface area contributed by atoms with Crippen LogP contribution in [0.2, 0.25) is 0 Å². The normalized spacial score (nSPS) is 15.8. The third-order valence-corrected chi connectivity index (χ3v) is 4.76. The molecule has 2 aromatic rings. The van der Waals surface area contributed by atoms with E-state index in [1.807, 2.05) is 18.2 Å². The number of hydroxylamine groups is 1. The van der Waals surface area contributed by atoms with Gasteiger partial charge in [0.05, 0.1) is 18.6 Å². The molecular formula is C21H25N3O5. The molecule has 0 bridgehead atoms. The summed E-state index contributed by atoms with van der Waals surface area (Å²) in [4.78, 5) is 26.9. The maximum Gasteiger partial charge on any atom is 0.268 e. The van der Waals surface area contributed by atoms with E-state index in [1.165, 1.54) is 0 Å². The van der Waals surface area contributed by atoms with E-state index < -0.39 is 12.0 Å². The Balaban J connectivity index is 1.65. The van der Waals surface area contributed by atoms with Gasteiger partial charge in [-0.2, -0.15) is 0 Å². The average Bonchev–Trinajstić information content (AvgIpc) is 3.40. The summed E-state index contributed by atoms with van der Waals surface area (Å²) in [7, 11) is 0. The van der Waals surface area contributed by atoms with Gasteiger partial charge in [-0.3, -0.25) is 14.8 Å². The molecule has 2 amide bonds. The molecule has 1 unspecified atom stereocenters. The molecule has 0 saturated heterocycles. The minimum atomic E-state index is -0.478. The molecule has 1 atom stereocenters. The predicted octanol–water partition coefficient (Wildman–Crippen LogP) is 2.77. The SMILES string of the molecule is O=C(CCCCCNC(=O)c1[nH]c(C2=CCC(O)C=C2)cc1-c1ccoc1)NO. The smallest absolute Gasteiger partial charge is 0.268 e. The Kier molecular flexibility index (Phi) is 7.04. The number of rotatable bonds is 9. The first-order valence-electron chi connectivity index (χ1n) is 9.62. The van der Waals surface area contributed by atoms with Gasteiger partial charge in [-0.05, 0) is 37.0 Å². The monoisotopic (exact) mass is 399 g/mol. The van der Waals surface area contributed by atoms with Gasteiger partial charge in [-0.15, -0.1) is 0 Å². The summed E-state index contributed by atoms with van der Waals surface area (Å²) in [5.74, 6) is -0.628. The number of hydrogen-bond acceptors (Lipinski definition) is 5. The van der Waals surface area contributed by atoms with Crippen LogP contribution in [0, 0.1) is 0 Å². The third-order valence-electron chi connectivity index (χ3n) is 4.76. The number of allylic oxidation sites excluding steroid dienone is 2. The predicted molar refractivity (Wildman–Crippen MR) is 107 cm³/mol. The number of hydrogen-bond donors (Lipinski definition) is 5. The summed E-state index contributed by atoms with van der Waals surface area (Å²) in [6, 6.07) is 3.70. The number of H-pyrrole nitrogens is 1. The van der Waals surface area contributed by atoms with Gasteiger partial charge in [0, 0.05) is 29.8 Å². The second-order valence-corrected chi connectivity index (χ2v) is 6.91. The number of carbonyl (C=O) groups is 2. The number of unbranched alkanes of at least 4 members (excludes halogenated alkanes) is 2. The van der Waals surface area contributed by atoms with Gasteiger partial charge in [0.25, 0.3) is 5.91 Å². The number of amides is 2. The van der Waals surface area contributed by atoms with Crippen LogP contribution in [-0.4, -0.2) is 39.8 Å². The van der Waals surface area contributed by atoms with Crippen molar-refractivity contribution in [1.82, 2.24) is 15.8 Å². The Morgan fingerprint density at radius 3 is 2.83 bits per heavy atom. The van der Waals surface area contributed by atoms with Crippen LogP contribution in [0.1, 0.15) is 48.3 Å². The van der Waals surface area contributed by atoms with Crippen LogP contribution >= 0.6 is 0 Å². The molecule has 1 aliphatic rings. The molecule has 0 radical (unpaired) electrons. The standard InChI is InChI=1S/C21H25N3O5/c25-16-7-5-14(6-8-16)18-12-17(15-9-11-29-13-15)20(23-18)21(27)22-10-3-1-2-4-19(26)24-28/h5-7,9,11-13,16,23,25,28H,1-4,8,10H2,(H,22,27)(H,24,26). The zero-order chi connectivity index (χ0) is 20.6. The fourth-order valence-electron chi connectivity index (χ4n) is 3.18. The number of nitrogens with one attached hydrogen (secondary N) is 3. The topological polar surface area (TPSA) is 128 Å². The highest BCUT2D eigenvalue weighted by atomic mass is 16.5. The first kappa shape index (κ1) is 20.6. The van der Waals surface area contributed by atoms with Crippen molar-refractivity contribution in [2.24, 2.45) is 0 Å². The Morgan fingerprint density at radius 2 is 2.14 bits per heavy atom. The van der Waals surface area contributed by atoms with Gasteiger partial charge in [0.15, 0.2) is 0 Å². The molecule has 5 N–H and O–H groups in total. The highest BCUT2D eigenvalue weighted by Gasteiger charge is 2.19. The summed E-state index contributed by atoms with van der Waals surface area (Å²) < 4.78 is 5.17. The summed E-state index contributed by atoms with van der Waals surface area (Å²) in [6.45, 7) is 0.480. The summed E-state index contributed by atoms with van der Waals surface area (Å²) in [5, 5.41) is 21.0. The van der Waals surface area contributed by atoms with Gasteiger partial charge in [0.1, 0.15) is 5.69 Å². The first-order valence-corrected chi connectivity index (χ1v) is 9.62. The lowest BCUT2D eigenvalue weighted by atomic mass is 10.0. The van der Waals surface area contributed by atoms with Crippen LogP contribution in [0.15, 0.2) is 47.3 Å². The fourth-order valence-corrected chi connectivity index (χ4v) is 3.18. The number of furan rings is 1. The van der Waals surface area contributed by atoms with E-state index in [0.29, 0.717) is 25.1 Å². The molecular weight excluding hydrogens is 374 g/mol. The van der Waals surface area contributed by atoms with Crippen LogP contribution in [0.25, 0.3) is 16.7 Å². The van der Waals surface area contributed by atoms with E-state index in [1.54, 1.807) is 30.1 Å². The van der Waals surface area contributed by atoms with E-state index in [9.17, 15) is 14.7 Å². The minimum Gasteiger partial charge on any atom is -0.472 e. The first-order chi connectivity index (χ1) is 14.1. The zero-order valence-corrected chi connectivity index (χ0v) is 16.0. The average molecular weight is 399 g/mol. The summed E-state index contributed by atoms with van der Waals surface area (Å²) >= 11 is 0. The molecule has 2 aromatic heterocycles. The Labute approximate surface area is 168 Å². The lowest BCUT2D eigenvalue weighted by Gasteiger charge is -2.09. The number of aromatic amines is 1. The van der Waals surface area contributed by atoms with Gasteiger partial charge < -0.3 is 19.8 Å². The van der Waals surface area contributed by atoms with Gasteiger partial charge >= 0.3 is 0 Å². The van der Waals surface area contributed by atoms with E-state index in [-0.39, 0.29) is 12.3 Å². The Morgan fingerprint density at radius 1 is 1.28 bits per heavy atom. The summed E-state index contributed by atoms with van der Waals surface area (Å²) in [6.07, 6.45) is 11.1. The van der Waals surface area contributed by atoms with Crippen molar-refractivity contribution in [3.63, 3.8) is 0 Å². The largest absolute Gasteiger partial charge is 0.472 e. The van der Waals surface area contributed by atoms with E-state index >= 15 is 0 Å². The van der Waals surface area contributed by atoms with Crippen molar-refractivity contribution < 1.29 is 24.3 Å². The van der Waals surface area contributed by atoms with Crippen LogP contribution in [0.3, 0.4) is 0 Å². The molecule has 0 aliphatic heterocycles. The molecule has 8 nitrogen and oxygen atoms in total. The lowest BCUT2D eigenvalue weighted by molar-refractivity contribution is -0.129. The molecule has 1 aliphatic carbocycles. The number of aliphatic hydroxyl groups is 1. The number of aliphatic hydroxyl groups excluding tert-OH is 1. The second kappa shape index (κ2) is 9.90. The minimum absolute atomic E-state index is 0.221. The molecule has 8 heteroatoms. The van der Waals surface area contributed by atoms with Gasteiger partial charge in [-0.1, -0.05) is 24.6 Å². The van der Waals surface area contributed by atoms with Crippen LogP contribution < -0.4 is 10.8 Å². The van der Waals surface area contributed by atoms with Crippen molar-refractivity contribution in [1.29, 1.82) is 0 Å². The highest BCUT2D eigenvalue weighted by Crippen LogP contribution is 2.30. The van der Waals surface area contributed by atoms with Gasteiger partial charge in [-0.25, -0.2) is 5.48 Å². The lowest BCUT2D eigenvalue weighted by Crippen LogP contribution is -2.25. The Bertz CT molecular complexity index is 896. The number of aromatic nitrogens is 1. The van der Waals surface area contributed by atoms with Crippen LogP contribution in [0.5, 0.6) is 0 Å². The van der Waals surface area contributed by atoms with Crippen LogP contribution in [-0.2, 0) is 4.79 Å². The van der Waals surface area contributed by atoms with Crippen molar-refractivity contribution in [2.45, 2.75) is 38.2 Å². The van der Waals surface area contributed by atoms with Gasteiger partial charge in [0.2, 0.25) is 5.91 Å². The zero-order valence-electron chi connectivity index (χ0n) is 16.0. The van der Waals surface area contributed by atoms with Crippen molar-refractivity contribution in [3.05, 3.63) is 54.3 Å². The molecule has 29 heavy (non-hydrogen) atoms. The maximum atomic E-state index is 12.7. The van der Waals surface area contributed by atoms with Crippen LogP contribution in [0.4, 0.5) is 0 Å². The number of carbonyl (C=O) groups excluding carboxylic acids is 2. The molecule has 154 valence electrons. The highest BCUT2D eigenvalue weighted by molar-refractivity contribution is 6.00.